The van der Waals surface area contributed by atoms with Gasteiger partial charge in [0.2, 0.25) is 0 Å². The number of aromatic nitrogens is 3. The molecule has 26 heavy (non-hydrogen) atoms. The number of piperazine rings is 1. The van der Waals surface area contributed by atoms with Crippen LogP contribution in [0, 0.1) is 0 Å². The molecule has 0 aliphatic carbocycles. The molecule has 1 aliphatic heterocycles. The molecule has 0 spiro atoms. The Balaban J connectivity index is 1.46. The molecule has 0 unspecified atom stereocenters. The summed E-state index contributed by atoms with van der Waals surface area (Å²) in [6, 6.07) is 8.13. The summed E-state index contributed by atoms with van der Waals surface area (Å²) in [7, 11) is 0. The highest BCUT2D eigenvalue weighted by Gasteiger charge is 2.26. The van der Waals surface area contributed by atoms with E-state index in [1.807, 2.05) is 30.9 Å². The van der Waals surface area contributed by atoms with Crippen molar-refractivity contribution in [3.05, 3.63) is 40.6 Å². The van der Waals surface area contributed by atoms with E-state index in [0.717, 1.165) is 28.2 Å². The smallest absolute Gasteiger partial charge is 0.272 e. The number of hydrogen-bond donors (Lipinski definition) is 0. The van der Waals surface area contributed by atoms with Crippen LogP contribution in [0.15, 0.2) is 34.9 Å². The Kier molecular flexibility index (Phi) is 4.71. The minimum atomic E-state index is 0.0593. The Morgan fingerprint density at radius 1 is 1.19 bits per heavy atom. The van der Waals surface area contributed by atoms with Crippen molar-refractivity contribution in [2.75, 3.05) is 31.1 Å². The Bertz CT molecular complexity index is 942. The highest BCUT2D eigenvalue weighted by molar-refractivity contribution is 9.10. The summed E-state index contributed by atoms with van der Waals surface area (Å²) in [6.07, 6.45) is 1.70. The summed E-state index contributed by atoms with van der Waals surface area (Å²) in [4.78, 5) is 21.8. The third-order valence-electron chi connectivity index (χ3n) is 4.56. The molecular formula is C18H20BrN5OS. The fraction of sp³-hybridized carbons (Fsp3) is 0.389. The second kappa shape index (κ2) is 7.00. The van der Waals surface area contributed by atoms with Crippen molar-refractivity contribution in [2.45, 2.75) is 19.9 Å². The van der Waals surface area contributed by atoms with Gasteiger partial charge in [-0.2, -0.15) is 5.10 Å². The van der Waals surface area contributed by atoms with Crippen LogP contribution in [0.1, 0.15) is 30.4 Å². The molecule has 3 aromatic rings. The molecule has 0 N–H and O–H groups in total. The van der Waals surface area contributed by atoms with Crippen LogP contribution in [0.4, 0.5) is 5.13 Å². The Morgan fingerprint density at radius 3 is 2.69 bits per heavy atom. The van der Waals surface area contributed by atoms with E-state index in [-0.39, 0.29) is 11.9 Å². The predicted molar refractivity (Wildman–Crippen MR) is 108 cm³/mol. The van der Waals surface area contributed by atoms with E-state index >= 15 is 0 Å². The quantitative estimate of drug-likeness (QED) is 0.630. The number of anilines is 1. The van der Waals surface area contributed by atoms with Crippen molar-refractivity contribution in [1.29, 1.82) is 0 Å². The van der Waals surface area contributed by atoms with Crippen molar-refractivity contribution in [3.8, 4) is 0 Å². The number of nitrogens with zero attached hydrogens (tertiary/aromatic N) is 5. The van der Waals surface area contributed by atoms with Crippen molar-refractivity contribution in [3.63, 3.8) is 0 Å². The molecule has 136 valence electrons. The molecule has 1 saturated heterocycles. The van der Waals surface area contributed by atoms with Crippen LogP contribution >= 0.6 is 27.3 Å². The summed E-state index contributed by atoms with van der Waals surface area (Å²) in [5.41, 5.74) is 1.69. The number of halogens is 1. The summed E-state index contributed by atoms with van der Waals surface area (Å²) in [5.74, 6) is 0.0593. The first-order valence-corrected chi connectivity index (χ1v) is 10.3. The lowest BCUT2D eigenvalue weighted by atomic mass is 10.2. The van der Waals surface area contributed by atoms with Gasteiger partial charge in [0.1, 0.15) is 5.69 Å². The van der Waals surface area contributed by atoms with Gasteiger partial charge in [0.25, 0.3) is 5.91 Å². The van der Waals surface area contributed by atoms with Gasteiger partial charge in [-0.1, -0.05) is 27.3 Å². The fourth-order valence-corrected chi connectivity index (χ4v) is 4.75. The second-order valence-corrected chi connectivity index (χ2v) is 8.57. The van der Waals surface area contributed by atoms with Crippen molar-refractivity contribution in [1.82, 2.24) is 19.7 Å². The van der Waals surface area contributed by atoms with Crippen LogP contribution in [0.5, 0.6) is 0 Å². The maximum absolute atomic E-state index is 12.8. The number of hydrogen-bond acceptors (Lipinski definition) is 5. The zero-order valence-corrected chi connectivity index (χ0v) is 17.1. The molecule has 1 fully saturated rings. The van der Waals surface area contributed by atoms with Gasteiger partial charge in [0.05, 0.1) is 10.2 Å². The molecule has 6 nitrogen and oxygen atoms in total. The van der Waals surface area contributed by atoms with Gasteiger partial charge in [-0.3, -0.25) is 9.48 Å². The standard InChI is InChI=1S/C18H20BrN5OS/c1-12(2)24-15(5-6-20-24)17(25)22-7-9-23(10-8-22)18-21-14-4-3-13(19)11-16(14)26-18/h3-6,11-12H,7-10H2,1-2H3. The summed E-state index contributed by atoms with van der Waals surface area (Å²) in [5, 5.41) is 5.30. The van der Waals surface area contributed by atoms with E-state index in [1.54, 1.807) is 28.3 Å². The SMILES string of the molecule is CC(C)n1nccc1C(=O)N1CCN(c2nc3ccc(Br)cc3s2)CC1. The van der Waals surface area contributed by atoms with Gasteiger partial charge in [-0.05, 0) is 38.1 Å². The van der Waals surface area contributed by atoms with Crippen molar-refractivity contribution in [2.24, 2.45) is 0 Å². The topological polar surface area (TPSA) is 54.3 Å². The normalized spacial score (nSPS) is 15.2. The summed E-state index contributed by atoms with van der Waals surface area (Å²) >= 11 is 5.21. The molecule has 1 aliphatic rings. The van der Waals surface area contributed by atoms with E-state index < -0.39 is 0 Å². The van der Waals surface area contributed by atoms with Gasteiger partial charge in [0, 0.05) is 42.9 Å². The van der Waals surface area contributed by atoms with Gasteiger partial charge in [-0.25, -0.2) is 4.98 Å². The lowest BCUT2D eigenvalue weighted by molar-refractivity contribution is 0.0732. The monoisotopic (exact) mass is 433 g/mol. The third-order valence-corrected chi connectivity index (χ3v) is 6.13. The molecule has 0 bridgehead atoms. The predicted octanol–water partition coefficient (Wildman–Crippen LogP) is 3.80. The van der Waals surface area contributed by atoms with Crippen LogP contribution in [0.2, 0.25) is 0 Å². The first kappa shape index (κ1) is 17.5. The second-order valence-electron chi connectivity index (χ2n) is 6.64. The summed E-state index contributed by atoms with van der Waals surface area (Å²) in [6.45, 7) is 7.05. The maximum Gasteiger partial charge on any atom is 0.272 e. The van der Waals surface area contributed by atoms with Crippen molar-refractivity contribution >= 4 is 48.5 Å². The minimum Gasteiger partial charge on any atom is -0.345 e. The molecule has 4 rings (SSSR count). The lowest BCUT2D eigenvalue weighted by Gasteiger charge is -2.34. The van der Waals surface area contributed by atoms with Crippen LogP contribution < -0.4 is 4.90 Å². The lowest BCUT2D eigenvalue weighted by Crippen LogP contribution is -2.49. The van der Waals surface area contributed by atoms with Crippen LogP contribution in [-0.4, -0.2) is 51.8 Å². The molecule has 0 radical (unpaired) electrons. The molecule has 1 amide bonds. The van der Waals surface area contributed by atoms with Crippen LogP contribution in [0.3, 0.4) is 0 Å². The number of benzene rings is 1. The third kappa shape index (κ3) is 3.23. The van der Waals surface area contributed by atoms with E-state index in [0.29, 0.717) is 18.8 Å². The average molecular weight is 434 g/mol. The number of carbonyl (C=O) groups is 1. The average Bonchev–Trinajstić information content (AvgIpc) is 3.28. The van der Waals surface area contributed by atoms with Crippen molar-refractivity contribution < 1.29 is 4.79 Å². The highest BCUT2D eigenvalue weighted by atomic mass is 79.9. The van der Waals surface area contributed by atoms with Gasteiger partial charge in [0.15, 0.2) is 5.13 Å². The molecule has 2 aromatic heterocycles. The summed E-state index contributed by atoms with van der Waals surface area (Å²) < 4.78 is 4.03. The molecule has 8 heteroatoms. The molecule has 3 heterocycles. The van der Waals surface area contributed by atoms with E-state index in [2.05, 4.69) is 32.0 Å². The maximum atomic E-state index is 12.8. The Morgan fingerprint density at radius 2 is 1.96 bits per heavy atom. The number of carbonyl (C=O) groups excluding carboxylic acids is 1. The van der Waals surface area contributed by atoms with Crippen LogP contribution in [-0.2, 0) is 0 Å². The first-order valence-electron chi connectivity index (χ1n) is 8.67. The molecular weight excluding hydrogens is 414 g/mol. The number of amides is 1. The molecule has 1 aromatic carbocycles. The molecule has 0 saturated carbocycles. The minimum absolute atomic E-state index is 0.0593. The fourth-order valence-electron chi connectivity index (χ4n) is 3.18. The zero-order valence-electron chi connectivity index (χ0n) is 14.7. The van der Waals surface area contributed by atoms with Gasteiger partial charge >= 0.3 is 0 Å². The number of thiazole rings is 1. The Hall–Kier alpha value is -1.93. The molecule has 0 atom stereocenters. The largest absolute Gasteiger partial charge is 0.345 e. The highest BCUT2D eigenvalue weighted by Crippen LogP contribution is 2.31. The van der Waals surface area contributed by atoms with Gasteiger partial charge < -0.3 is 9.80 Å². The number of rotatable bonds is 3. The number of fused-ring (bicyclic) bond motifs is 1. The van der Waals surface area contributed by atoms with E-state index in [1.165, 1.54) is 4.70 Å². The first-order chi connectivity index (χ1) is 12.5. The van der Waals surface area contributed by atoms with Crippen LogP contribution in [0.25, 0.3) is 10.2 Å². The van der Waals surface area contributed by atoms with E-state index in [4.69, 9.17) is 4.98 Å². The zero-order chi connectivity index (χ0) is 18.3. The Labute approximate surface area is 164 Å². The van der Waals surface area contributed by atoms with Gasteiger partial charge in [-0.15, -0.1) is 0 Å². The van der Waals surface area contributed by atoms with E-state index in [9.17, 15) is 4.79 Å².